The second-order valence-electron chi connectivity index (χ2n) is 12.0. The molecule has 0 aliphatic rings. The van der Waals surface area contributed by atoms with E-state index in [2.05, 4.69) is 10.6 Å². The Kier molecular flexibility index (Phi) is 23.1. The van der Waals surface area contributed by atoms with E-state index in [1.54, 1.807) is 12.1 Å². The molecule has 0 fully saturated rings. The Morgan fingerprint density at radius 1 is 0.500 bits per heavy atom. The van der Waals surface area contributed by atoms with E-state index in [0.29, 0.717) is 11.5 Å². The van der Waals surface area contributed by atoms with Crippen LogP contribution in [-0.2, 0) is 32.3 Å². The Labute approximate surface area is 388 Å². The molecule has 0 saturated carbocycles. The van der Waals surface area contributed by atoms with Crippen molar-refractivity contribution in [3.8, 4) is 22.6 Å². The SMILES string of the molecule is O=C(NC(COCc1ccccc1)C(=O)O)c1ccc(-c2ccccc2)o1.O=C(NC(COCc1ccccc1)C(=O)O)c1ccc(-c2ccccc2)o1.O=C([O-])[O-].[Na+].[Na+]. The average molecular weight is 837 g/mol. The Balaban J connectivity index is 0.000000368. The molecule has 300 valence electrons. The van der Waals surface area contributed by atoms with Gasteiger partial charge in [0.25, 0.3) is 11.8 Å². The molecule has 0 aliphatic heterocycles. The van der Waals surface area contributed by atoms with Crippen LogP contribution in [0.3, 0.4) is 0 Å². The van der Waals surface area contributed by atoms with Crippen LogP contribution in [0.25, 0.3) is 22.6 Å². The standard InChI is InChI=1S/2C21H19NO5.CH2O3.2Na/c2*23-20(19-12-11-18(27-19)16-9-5-2-6-10-16)22-17(21(24)25)14-26-13-15-7-3-1-4-8-15;2-1(3)4;;/h2*1-12,17H,13-14H2,(H,22,23)(H,24,25);(H2,2,3,4);;/q;;;2*+1/p-2. The first-order valence-corrected chi connectivity index (χ1v) is 17.5. The van der Waals surface area contributed by atoms with Crippen LogP contribution >= 0.6 is 0 Å². The van der Waals surface area contributed by atoms with Crippen molar-refractivity contribution in [1.29, 1.82) is 0 Å². The van der Waals surface area contributed by atoms with Gasteiger partial charge in [0.2, 0.25) is 0 Å². The maximum absolute atomic E-state index is 12.3. The quantitative estimate of drug-likeness (QED) is 0.0793. The van der Waals surface area contributed by atoms with Gasteiger partial charge >= 0.3 is 71.1 Å². The molecule has 0 saturated heterocycles. The summed E-state index contributed by atoms with van der Waals surface area (Å²) in [5.74, 6) is -2.40. The van der Waals surface area contributed by atoms with E-state index in [1.807, 2.05) is 121 Å². The molecule has 6 aromatic rings. The van der Waals surface area contributed by atoms with Crippen LogP contribution in [0.4, 0.5) is 4.79 Å². The third-order valence-corrected chi connectivity index (χ3v) is 7.78. The molecule has 2 unspecified atom stereocenters. The zero-order valence-corrected chi connectivity index (χ0v) is 36.7. The van der Waals surface area contributed by atoms with E-state index >= 15 is 0 Å². The Morgan fingerprint density at radius 3 is 1.10 bits per heavy atom. The van der Waals surface area contributed by atoms with Crippen LogP contribution < -0.4 is 80.0 Å². The number of carbonyl (C=O) groups is 5. The van der Waals surface area contributed by atoms with Crippen LogP contribution in [-0.4, -0.2) is 65.4 Å². The number of benzene rings is 4. The Hall–Kier alpha value is -5.49. The zero-order chi connectivity index (χ0) is 41.7. The first kappa shape index (κ1) is 50.7. The maximum Gasteiger partial charge on any atom is 1.00 e. The fourth-order valence-electron chi connectivity index (χ4n) is 4.98. The van der Waals surface area contributed by atoms with Crippen molar-refractivity contribution in [3.63, 3.8) is 0 Å². The van der Waals surface area contributed by atoms with Gasteiger partial charge in [-0.1, -0.05) is 121 Å². The van der Waals surface area contributed by atoms with Crippen LogP contribution in [0.2, 0.25) is 0 Å². The van der Waals surface area contributed by atoms with Crippen LogP contribution in [0, 0.1) is 0 Å². The molecule has 0 aliphatic carbocycles. The molecule has 4 N–H and O–H groups in total. The molecule has 0 spiro atoms. The first-order chi connectivity index (χ1) is 28.0. The van der Waals surface area contributed by atoms with Crippen molar-refractivity contribution < 1.29 is 122 Å². The zero-order valence-electron chi connectivity index (χ0n) is 32.7. The summed E-state index contributed by atoms with van der Waals surface area (Å²) < 4.78 is 21.9. The topological polar surface area (TPSA) is 241 Å². The van der Waals surface area contributed by atoms with E-state index in [4.69, 9.17) is 33.3 Å². The monoisotopic (exact) mass is 836 g/mol. The van der Waals surface area contributed by atoms with E-state index in [9.17, 15) is 29.4 Å². The van der Waals surface area contributed by atoms with Gasteiger partial charge in [0.05, 0.1) is 26.4 Å². The van der Waals surface area contributed by atoms with E-state index in [-0.39, 0.29) is 97.1 Å². The number of ether oxygens (including phenoxy) is 2. The van der Waals surface area contributed by atoms with Crippen molar-refractivity contribution in [3.05, 3.63) is 168 Å². The number of carboxylic acids is 2. The molecule has 2 heterocycles. The summed E-state index contributed by atoms with van der Waals surface area (Å²) in [6.45, 7) is 0.225. The number of furan rings is 2. The Bertz CT molecular complexity index is 2050. The fourth-order valence-corrected chi connectivity index (χ4v) is 4.98. The number of rotatable bonds is 16. The third kappa shape index (κ3) is 17.8. The van der Waals surface area contributed by atoms with Gasteiger partial charge in [0.15, 0.2) is 23.6 Å². The number of nitrogens with one attached hydrogen (secondary N) is 2. The van der Waals surface area contributed by atoms with Crippen molar-refractivity contribution in [2.24, 2.45) is 0 Å². The molecule has 2 atom stereocenters. The number of hydrogen-bond donors (Lipinski definition) is 4. The molecular formula is C43H38N2Na2O13. The van der Waals surface area contributed by atoms with Gasteiger partial charge in [-0.15, -0.1) is 0 Å². The van der Waals surface area contributed by atoms with Crippen molar-refractivity contribution >= 4 is 29.9 Å². The fraction of sp³-hybridized carbons (Fsp3) is 0.140. The first-order valence-electron chi connectivity index (χ1n) is 17.5. The molecule has 60 heavy (non-hydrogen) atoms. The van der Waals surface area contributed by atoms with Crippen LogP contribution in [0.1, 0.15) is 32.2 Å². The van der Waals surface area contributed by atoms with Gasteiger partial charge in [-0.05, 0) is 41.5 Å². The van der Waals surface area contributed by atoms with Gasteiger partial charge in [-0.2, -0.15) is 0 Å². The number of carbonyl (C=O) groups excluding carboxylic acids is 3. The molecule has 2 aromatic heterocycles. The summed E-state index contributed by atoms with van der Waals surface area (Å²) in [6.07, 6.45) is -2.33. The molecule has 6 rings (SSSR count). The number of amides is 2. The smallest absolute Gasteiger partial charge is 0.652 e. The summed E-state index contributed by atoms with van der Waals surface area (Å²) >= 11 is 0. The third-order valence-electron chi connectivity index (χ3n) is 7.78. The summed E-state index contributed by atoms with van der Waals surface area (Å²) in [5.41, 5.74) is 3.51. The predicted molar refractivity (Wildman–Crippen MR) is 204 cm³/mol. The maximum atomic E-state index is 12.3. The normalized spacial score (nSPS) is 10.9. The van der Waals surface area contributed by atoms with Crippen LogP contribution in [0.15, 0.2) is 154 Å². The summed E-state index contributed by atoms with van der Waals surface area (Å²) in [7, 11) is 0. The van der Waals surface area contributed by atoms with Crippen molar-refractivity contribution in [2.45, 2.75) is 25.3 Å². The summed E-state index contributed by atoms with van der Waals surface area (Å²) in [4.78, 5) is 55.8. The van der Waals surface area contributed by atoms with Crippen LogP contribution in [0.5, 0.6) is 0 Å². The molecular weight excluding hydrogens is 798 g/mol. The molecule has 0 radical (unpaired) electrons. The van der Waals surface area contributed by atoms with Crippen molar-refractivity contribution in [1.82, 2.24) is 10.6 Å². The molecule has 15 nitrogen and oxygen atoms in total. The molecule has 0 bridgehead atoms. The van der Waals surface area contributed by atoms with Gasteiger partial charge in [-0.3, -0.25) is 9.59 Å². The minimum atomic E-state index is -2.33. The Morgan fingerprint density at radius 2 is 0.800 bits per heavy atom. The van der Waals surface area contributed by atoms with Gasteiger partial charge < -0.3 is 54.2 Å². The summed E-state index contributed by atoms with van der Waals surface area (Å²) in [5, 5.41) is 40.2. The minimum absolute atomic E-state index is 0. The summed E-state index contributed by atoms with van der Waals surface area (Å²) in [6, 6.07) is 41.4. The van der Waals surface area contributed by atoms with E-state index in [0.717, 1.165) is 22.3 Å². The average Bonchev–Trinajstić information content (AvgIpc) is 3.94. The van der Waals surface area contributed by atoms with Gasteiger partial charge in [0.1, 0.15) is 11.5 Å². The molecule has 2 amide bonds. The molecule has 4 aromatic carbocycles. The predicted octanol–water partition coefficient (Wildman–Crippen LogP) is -1.75. The largest absolute Gasteiger partial charge is 1.00 e. The minimum Gasteiger partial charge on any atom is -0.652 e. The van der Waals surface area contributed by atoms with E-state index < -0.39 is 42.0 Å². The number of carboxylic acid groups (broad SMARTS) is 4. The van der Waals surface area contributed by atoms with Gasteiger partial charge in [0, 0.05) is 11.1 Å². The second-order valence-corrected chi connectivity index (χ2v) is 12.0. The number of hydrogen-bond acceptors (Lipinski definition) is 11. The second kappa shape index (κ2) is 27.3. The van der Waals surface area contributed by atoms with E-state index in [1.165, 1.54) is 12.1 Å². The number of aliphatic carboxylic acids is 2. The van der Waals surface area contributed by atoms with Crippen molar-refractivity contribution in [2.75, 3.05) is 13.2 Å². The molecule has 17 heteroatoms. The van der Waals surface area contributed by atoms with Gasteiger partial charge in [-0.25, -0.2) is 9.59 Å².